The fraction of sp³-hybridized carbons (Fsp3) is 0.286. The quantitative estimate of drug-likeness (QED) is 0.314. The fourth-order valence-corrected chi connectivity index (χ4v) is 12.1. The molecule has 1 aliphatic carbocycles. The van der Waals surface area contributed by atoms with Crippen LogP contribution >= 0.6 is 62.2 Å². The summed E-state index contributed by atoms with van der Waals surface area (Å²) in [5, 5.41) is 3.65. The average molecular weight is 701 g/mol. The largest absolute Gasteiger partial charge is 0.492 e. The number of hydrogen-bond acceptors (Lipinski definition) is 3. The Morgan fingerprint density at radius 3 is 2.96 bits per heavy atom. The average Bonchev–Trinajstić information content (AvgIpc) is 2.71. The topological polar surface area (TPSA) is 30.5 Å². The number of allylic oxidation sites excluding steroid dienone is 5. The van der Waals surface area contributed by atoms with Gasteiger partial charge in [0.1, 0.15) is 14.1 Å². The van der Waals surface area contributed by atoms with E-state index in [2.05, 4.69) is 75.0 Å². The summed E-state index contributed by atoms with van der Waals surface area (Å²) >= 11 is -0.0606. The maximum Gasteiger partial charge on any atom is 0.140 e. The first kappa shape index (κ1) is 20.2. The highest BCUT2D eigenvalue weighted by atomic mass is 127. The molecule has 0 amide bonds. The lowest BCUT2D eigenvalue weighted by atomic mass is 9.90. The summed E-state index contributed by atoms with van der Waals surface area (Å²) in [5.74, 6) is 1.44. The molecule has 3 unspecified atom stereocenters. The smallest absolute Gasteiger partial charge is 0.140 e. The van der Waals surface area contributed by atoms with Crippen molar-refractivity contribution in [3.63, 3.8) is 0 Å². The van der Waals surface area contributed by atoms with Crippen LogP contribution in [0.1, 0.15) is 6.92 Å². The van der Waals surface area contributed by atoms with Gasteiger partial charge in [0, 0.05) is 15.5 Å². The van der Waals surface area contributed by atoms with Gasteiger partial charge in [0.15, 0.2) is 0 Å². The lowest BCUT2D eigenvalue weighted by Gasteiger charge is -2.31. The lowest BCUT2D eigenvalue weighted by Crippen LogP contribution is -2.45. The molecule has 3 atom stereocenters. The van der Waals surface area contributed by atoms with Crippen molar-refractivity contribution in [2.75, 3.05) is 13.2 Å². The molecule has 3 nitrogen and oxygen atoms in total. The van der Waals surface area contributed by atoms with Gasteiger partial charge in [-0.25, -0.2) is 0 Å². The van der Waals surface area contributed by atoms with Gasteiger partial charge in [-0.1, -0.05) is 77.9 Å². The molecule has 144 valence electrons. The van der Waals surface area contributed by atoms with Crippen LogP contribution in [0.4, 0.5) is 0 Å². The van der Waals surface area contributed by atoms with E-state index in [0.717, 1.165) is 12.4 Å². The Morgan fingerprint density at radius 2 is 2.04 bits per heavy atom. The van der Waals surface area contributed by atoms with Crippen molar-refractivity contribution in [1.29, 1.82) is 0 Å². The van der Waals surface area contributed by atoms with E-state index in [1.807, 2.05) is 0 Å². The van der Waals surface area contributed by atoms with E-state index in [1.165, 1.54) is 8.79 Å². The van der Waals surface area contributed by atoms with Gasteiger partial charge < -0.3 is 14.8 Å². The van der Waals surface area contributed by atoms with Crippen LogP contribution in [-0.4, -0.2) is 34.5 Å². The maximum absolute atomic E-state index is 6.16. The monoisotopic (exact) mass is 701 g/mol. The molecule has 0 radical (unpaired) electrons. The van der Waals surface area contributed by atoms with E-state index in [0.29, 0.717) is 18.6 Å². The first-order valence-electron chi connectivity index (χ1n) is 8.84. The molecule has 0 fully saturated rings. The Morgan fingerprint density at radius 1 is 1.11 bits per heavy atom. The summed E-state index contributed by atoms with van der Waals surface area (Å²) in [6, 6.07) is 0.643. The summed E-state index contributed by atoms with van der Waals surface area (Å²) in [6.45, 7) is 3.64. The van der Waals surface area contributed by atoms with Crippen molar-refractivity contribution in [3.05, 3.63) is 68.1 Å². The summed E-state index contributed by atoms with van der Waals surface area (Å²) < 4.78 is 21.2. The van der Waals surface area contributed by atoms with Crippen LogP contribution in [0.5, 0.6) is 0 Å². The Bertz CT molecular complexity index is 859. The van der Waals surface area contributed by atoms with Crippen LogP contribution in [0.25, 0.3) is 0 Å². The van der Waals surface area contributed by atoms with E-state index >= 15 is 0 Å². The summed E-state index contributed by atoms with van der Waals surface area (Å²) in [5.41, 5.74) is 0. The molecule has 4 rings (SSSR count). The van der Waals surface area contributed by atoms with Crippen LogP contribution < -0.4 is 5.32 Å². The van der Waals surface area contributed by atoms with Gasteiger partial charge in [-0.15, -0.1) is 0 Å². The van der Waals surface area contributed by atoms with Gasteiger partial charge in [0.05, 0.1) is 12.6 Å². The van der Waals surface area contributed by atoms with Crippen LogP contribution in [0.15, 0.2) is 68.1 Å². The van der Waals surface area contributed by atoms with Crippen LogP contribution in [0.2, 0.25) is 0 Å². The molecule has 27 heavy (non-hydrogen) atoms. The second kappa shape index (κ2) is 10.1. The van der Waals surface area contributed by atoms with Gasteiger partial charge in [0.25, 0.3) is 0 Å². The molecule has 3 aliphatic heterocycles. The van der Waals surface area contributed by atoms with Crippen LogP contribution in [-0.2, 0) is 9.47 Å². The molecule has 6 heteroatoms. The third-order valence-electron chi connectivity index (χ3n) is 4.29. The minimum absolute atomic E-state index is 0.00155. The summed E-state index contributed by atoms with van der Waals surface area (Å²) in [6.07, 6.45) is 19.9. The summed E-state index contributed by atoms with van der Waals surface area (Å²) in [7, 11) is 0. The second-order valence-corrected chi connectivity index (χ2v) is 16.7. The molecule has 0 saturated heterocycles. The second-order valence-electron chi connectivity index (χ2n) is 6.33. The molecule has 0 saturated carbocycles. The zero-order valence-corrected chi connectivity index (χ0v) is 21.4. The van der Waals surface area contributed by atoms with Crippen molar-refractivity contribution in [3.8, 4) is 0 Å². The van der Waals surface area contributed by atoms with E-state index in [1.54, 1.807) is 0 Å². The third-order valence-corrected chi connectivity index (χ3v) is 12.8. The summed E-state index contributed by atoms with van der Waals surface area (Å²) in [4.78, 5) is 0. The first-order chi connectivity index (χ1) is 13.3. The van der Waals surface area contributed by atoms with Crippen molar-refractivity contribution in [2.24, 2.45) is 5.92 Å². The van der Waals surface area contributed by atoms with Crippen molar-refractivity contribution in [1.82, 2.24) is 5.32 Å². The molecule has 0 aromatic rings. The van der Waals surface area contributed by atoms with Gasteiger partial charge in [0.2, 0.25) is 0 Å². The zero-order valence-electron chi connectivity index (χ0n) is 14.9. The highest BCUT2D eigenvalue weighted by Gasteiger charge is 2.23. The van der Waals surface area contributed by atoms with Gasteiger partial charge in [-0.05, 0) is 57.5 Å². The number of hydrogen-bond donors (Lipinski definition) is 1. The number of ether oxygens (including phenoxy) is 2. The molecule has 0 bridgehead atoms. The Kier molecular flexibility index (Phi) is 7.59. The molecule has 0 spiro atoms. The van der Waals surface area contributed by atoms with Gasteiger partial charge in [-0.3, -0.25) is 0 Å². The molecule has 0 aromatic carbocycles. The first-order valence-corrected chi connectivity index (χ1v) is 15.6. The van der Waals surface area contributed by atoms with Crippen molar-refractivity contribution < 1.29 is 9.47 Å². The van der Waals surface area contributed by atoms with Crippen molar-refractivity contribution in [2.45, 2.75) is 19.0 Å². The van der Waals surface area contributed by atoms with E-state index in [4.69, 9.17) is 9.47 Å². The standard InChI is InChI=1S/C21H22I3NO2/c1-15-8-10-23-21(24-15)27-13-17-12-19(9-11-22-17)26-14-18-7-6-16-4-2-3-5-20(16)25-18/h2-12,16,18,20,25H,13-14H2,1H3. The highest BCUT2D eigenvalue weighted by Crippen LogP contribution is 2.26. The lowest BCUT2D eigenvalue weighted by molar-refractivity contribution is 0.196. The number of fused-ring (bicyclic) bond motifs is 1. The van der Waals surface area contributed by atoms with Crippen molar-refractivity contribution >= 4 is 71.4 Å². The Hall–Kier alpha value is -0.0400. The maximum atomic E-state index is 6.16. The fourth-order valence-electron chi connectivity index (χ4n) is 2.92. The molecule has 0 aromatic heterocycles. The Labute approximate surface area is 190 Å². The molecular formula is C21H22I3NO2. The van der Waals surface area contributed by atoms with Gasteiger partial charge >= 0.3 is 0 Å². The SMILES string of the molecule is CC1=IC(OCC2=CC(OCC3C=CC4C=CC=CC4N3)=CC=I2)=IC=C1. The Balaban J connectivity index is 1.28. The van der Waals surface area contributed by atoms with E-state index in [-0.39, 0.29) is 68.2 Å². The predicted octanol–water partition coefficient (Wildman–Crippen LogP) is 4.96. The van der Waals surface area contributed by atoms with E-state index in [9.17, 15) is 0 Å². The highest BCUT2D eigenvalue weighted by molar-refractivity contribution is 14.3. The third kappa shape index (κ3) is 5.97. The zero-order chi connectivity index (χ0) is 18.5. The minimum Gasteiger partial charge on any atom is -0.492 e. The van der Waals surface area contributed by atoms with Crippen LogP contribution in [0.3, 0.4) is 0 Å². The normalized spacial score (nSPS) is 29.1. The van der Waals surface area contributed by atoms with Crippen LogP contribution in [0, 0.1) is 5.92 Å². The predicted molar refractivity (Wildman–Crippen MR) is 143 cm³/mol. The molecule has 1 N–H and O–H groups in total. The number of nitrogens with one attached hydrogen (secondary N) is 1. The van der Waals surface area contributed by atoms with E-state index < -0.39 is 0 Å². The minimum atomic E-state index is -0.0618. The number of rotatable bonds is 6. The molecule has 3 heterocycles. The number of halogens is 3. The molecular weight excluding hydrogens is 679 g/mol. The molecule has 4 aliphatic rings. The van der Waals surface area contributed by atoms with Gasteiger partial charge in [-0.2, -0.15) is 0 Å².